The fraction of sp³-hybridized carbons (Fsp3) is 0.455. The Bertz CT molecular complexity index is 900. The number of alkyl halides is 6. The first-order valence-corrected chi connectivity index (χ1v) is 10.4. The number of benzene rings is 2. The van der Waals surface area contributed by atoms with Crippen LogP contribution in [0.3, 0.4) is 0 Å². The van der Waals surface area contributed by atoms with Crippen LogP contribution in [0.5, 0.6) is 17.2 Å². The molecule has 2 aromatic rings. The van der Waals surface area contributed by atoms with Crippen LogP contribution in [0.25, 0.3) is 0 Å². The molecule has 1 saturated carbocycles. The molecular formula is C22H24F6N2O3. The summed E-state index contributed by atoms with van der Waals surface area (Å²) >= 11 is 0. The molecule has 2 aromatic carbocycles. The number of rotatable bonds is 9. The van der Waals surface area contributed by atoms with Crippen LogP contribution < -0.4 is 19.9 Å². The average molecular weight is 478 g/mol. The standard InChI is InChI=1S/C22H24F6N2O3/c23-21(24,25)20(31)13-29-30(14-15-5-1-2-6-15)16-7-3-8-17(11-16)32-18-9-4-10-19(12-18)33-22(26,27)28/h3-4,7-12,15,20,29,31H,1-2,5-6,13-14H2. The molecule has 0 amide bonds. The highest BCUT2D eigenvalue weighted by atomic mass is 19.4. The van der Waals surface area contributed by atoms with Gasteiger partial charge in [-0.1, -0.05) is 25.0 Å². The summed E-state index contributed by atoms with van der Waals surface area (Å²) in [6.45, 7) is -0.291. The van der Waals surface area contributed by atoms with E-state index in [0.717, 1.165) is 37.8 Å². The van der Waals surface area contributed by atoms with Gasteiger partial charge in [-0.25, -0.2) is 5.43 Å². The van der Waals surface area contributed by atoms with E-state index in [9.17, 15) is 31.4 Å². The van der Waals surface area contributed by atoms with E-state index >= 15 is 0 Å². The van der Waals surface area contributed by atoms with Gasteiger partial charge in [-0.2, -0.15) is 13.2 Å². The van der Waals surface area contributed by atoms with Gasteiger partial charge in [-0.15, -0.1) is 13.2 Å². The van der Waals surface area contributed by atoms with Crippen LogP contribution in [0, 0.1) is 5.92 Å². The van der Waals surface area contributed by atoms with Crippen molar-refractivity contribution >= 4 is 5.69 Å². The second-order valence-corrected chi connectivity index (χ2v) is 7.80. The van der Waals surface area contributed by atoms with Gasteiger partial charge in [0.2, 0.25) is 0 Å². The second kappa shape index (κ2) is 10.5. The third-order valence-electron chi connectivity index (χ3n) is 5.17. The quantitative estimate of drug-likeness (QED) is 0.352. The van der Waals surface area contributed by atoms with Crippen LogP contribution in [-0.2, 0) is 0 Å². The molecule has 0 saturated heterocycles. The Morgan fingerprint density at radius 3 is 2.18 bits per heavy atom. The lowest BCUT2D eigenvalue weighted by atomic mass is 10.1. The van der Waals surface area contributed by atoms with Crippen LogP contribution >= 0.6 is 0 Å². The van der Waals surface area contributed by atoms with Crippen molar-refractivity contribution in [1.82, 2.24) is 5.43 Å². The molecule has 33 heavy (non-hydrogen) atoms. The van der Waals surface area contributed by atoms with Crippen LogP contribution in [0.2, 0.25) is 0 Å². The number of aliphatic hydroxyl groups excluding tert-OH is 1. The summed E-state index contributed by atoms with van der Waals surface area (Å²) in [6, 6.07) is 11.4. The third kappa shape index (κ3) is 8.01. The fourth-order valence-corrected chi connectivity index (χ4v) is 3.61. The number of nitrogens with one attached hydrogen (secondary N) is 1. The molecule has 182 valence electrons. The van der Waals surface area contributed by atoms with Gasteiger partial charge in [0.05, 0.1) is 12.2 Å². The van der Waals surface area contributed by atoms with Gasteiger partial charge in [0.25, 0.3) is 0 Å². The van der Waals surface area contributed by atoms with Crippen LogP contribution in [0.1, 0.15) is 25.7 Å². The number of hydrogen-bond donors (Lipinski definition) is 2. The highest BCUT2D eigenvalue weighted by Gasteiger charge is 2.38. The number of aliphatic hydroxyl groups is 1. The Balaban J connectivity index is 1.74. The monoisotopic (exact) mass is 478 g/mol. The lowest BCUT2D eigenvalue weighted by molar-refractivity contribution is -0.274. The molecule has 0 aliphatic heterocycles. The highest BCUT2D eigenvalue weighted by Crippen LogP contribution is 2.32. The van der Waals surface area contributed by atoms with E-state index in [2.05, 4.69) is 10.2 Å². The summed E-state index contributed by atoms with van der Waals surface area (Å²) in [4.78, 5) is 0. The SMILES string of the molecule is OC(CNN(CC1CCCC1)c1cccc(Oc2cccc(OC(F)(F)F)c2)c1)C(F)(F)F. The van der Waals surface area contributed by atoms with Crippen molar-refractivity contribution in [2.45, 2.75) is 44.3 Å². The van der Waals surface area contributed by atoms with E-state index in [4.69, 9.17) is 4.74 Å². The Morgan fingerprint density at radius 2 is 1.55 bits per heavy atom. The summed E-state index contributed by atoms with van der Waals surface area (Å²) in [5, 5.41) is 10.9. The van der Waals surface area contributed by atoms with Crippen molar-refractivity contribution in [2.24, 2.45) is 5.92 Å². The molecule has 0 aromatic heterocycles. The minimum atomic E-state index is -4.84. The summed E-state index contributed by atoms with van der Waals surface area (Å²) in [5.74, 6) is 0.200. The maximum absolute atomic E-state index is 12.7. The topological polar surface area (TPSA) is 54.0 Å². The normalized spacial score (nSPS) is 16.0. The number of anilines is 1. The zero-order valence-electron chi connectivity index (χ0n) is 17.5. The summed E-state index contributed by atoms with van der Waals surface area (Å²) < 4.78 is 85.1. The number of hydrogen-bond acceptors (Lipinski definition) is 5. The zero-order valence-corrected chi connectivity index (χ0v) is 17.5. The van der Waals surface area contributed by atoms with E-state index in [1.165, 1.54) is 12.1 Å². The molecule has 0 heterocycles. The van der Waals surface area contributed by atoms with Crippen LogP contribution in [0.4, 0.5) is 32.0 Å². The van der Waals surface area contributed by atoms with E-state index in [0.29, 0.717) is 12.2 Å². The minimum Gasteiger partial charge on any atom is -0.457 e. The Hall–Kier alpha value is -2.66. The van der Waals surface area contributed by atoms with E-state index in [1.54, 1.807) is 29.3 Å². The maximum atomic E-state index is 12.7. The van der Waals surface area contributed by atoms with Crippen molar-refractivity contribution in [3.05, 3.63) is 48.5 Å². The lowest BCUT2D eigenvalue weighted by Crippen LogP contribution is -2.48. The van der Waals surface area contributed by atoms with E-state index in [-0.39, 0.29) is 17.4 Å². The lowest BCUT2D eigenvalue weighted by Gasteiger charge is -2.30. The van der Waals surface area contributed by atoms with Crippen molar-refractivity contribution < 1.29 is 40.9 Å². The first-order chi connectivity index (χ1) is 15.5. The molecule has 5 nitrogen and oxygen atoms in total. The van der Waals surface area contributed by atoms with E-state index < -0.39 is 30.9 Å². The molecule has 1 atom stereocenters. The van der Waals surface area contributed by atoms with Gasteiger partial charge in [0, 0.05) is 18.7 Å². The largest absolute Gasteiger partial charge is 0.573 e. The maximum Gasteiger partial charge on any atom is 0.573 e. The molecule has 1 aliphatic rings. The van der Waals surface area contributed by atoms with Crippen molar-refractivity contribution in [3.8, 4) is 17.2 Å². The molecule has 1 aliphatic carbocycles. The number of ether oxygens (including phenoxy) is 2. The Morgan fingerprint density at radius 1 is 0.939 bits per heavy atom. The summed E-state index contributed by atoms with van der Waals surface area (Å²) in [7, 11) is 0. The highest BCUT2D eigenvalue weighted by molar-refractivity contribution is 5.51. The number of halogens is 6. The molecule has 1 fully saturated rings. The predicted octanol–water partition coefficient (Wildman–Crippen LogP) is 5.80. The molecule has 2 N–H and O–H groups in total. The fourth-order valence-electron chi connectivity index (χ4n) is 3.61. The van der Waals surface area contributed by atoms with Crippen molar-refractivity contribution in [1.29, 1.82) is 0 Å². The van der Waals surface area contributed by atoms with Gasteiger partial charge in [0.1, 0.15) is 17.2 Å². The molecule has 3 rings (SSSR count). The summed E-state index contributed by atoms with van der Waals surface area (Å²) in [6.07, 6.45) is -8.14. The molecule has 11 heteroatoms. The molecule has 0 radical (unpaired) electrons. The van der Waals surface area contributed by atoms with Crippen molar-refractivity contribution in [2.75, 3.05) is 18.1 Å². The first-order valence-electron chi connectivity index (χ1n) is 10.4. The Kier molecular flexibility index (Phi) is 7.96. The zero-order chi connectivity index (χ0) is 24.1. The Labute approximate surface area is 186 Å². The van der Waals surface area contributed by atoms with Gasteiger partial charge < -0.3 is 19.6 Å². The number of hydrazine groups is 1. The minimum absolute atomic E-state index is 0.0942. The average Bonchev–Trinajstić information content (AvgIpc) is 3.22. The van der Waals surface area contributed by atoms with Gasteiger partial charge in [-0.05, 0) is 43.0 Å². The molecule has 0 bridgehead atoms. The van der Waals surface area contributed by atoms with E-state index in [1.807, 2.05) is 0 Å². The third-order valence-corrected chi connectivity index (χ3v) is 5.17. The molecule has 1 unspecified atom stereocenters. The molecule has 0 spiro atoms. The van der Waals surface area contributed by atoms with Crippen molar-refractivity contribution in [3.63, 3.8) is 0 Å². The van der Waals surface area contributed by atoms with Crippen LogP contribution in [-0.4, -0.2) is 36.8 Å². The second-order valence-electron chi connectivity index (χ2n) is 7.80. The van der Waals surface area contributed by atoms with Gasteiger partial charge in [-0.3, -0.25) is 0 Å². The smallest absolute Gasteiger partial charge is 0.457 e. The first kappa shape index (κ1) is 25.0. The van der Waals surface area contributed by atoms with Gasteiger partial charge in [0.15, 0.2) is 6.10 Å². The van der Waals surface area contributed by atoms with Crippen LogP contribution in [0.15, 0.2) is 48.5 Å². The number of nitrogens with zero attached hydrogens (tertiary/aromatic N) is 1. The summed E-state index contributed by atoms with van der Waals surface area (Å²) in [5.41, 5.74) is 3.15. The van der Waals surface area contributed by atoms with Gasteiger partial charge >= 0.3 is 12.5 Å². The molecular weight excluding hydrogens is 454 g/mol. The predicted molar refractivity (Wildman–Crippen MR) is 109 cm³/mol.